The molecule has 0 saturated heterocycles. The second kappa shape index (κ2) is 8.08. The van der Waals surface area contributed by atoms with Gasteiger partial charge in [-0.1, -0.05) is 53.2 Å². The van der Waals surface area contributed by atoms with Crippen molar-refractivity contribution in [2.75, 3.05) is 5.32 Å². The highest BCUT2D eigenvalue weighted by Crippen LogP contribution is 2.15. The van der Waals surface area contributed by atoms with Crippen LogP contribution in [0.2, 0.25) is 5.02 Å². The van der Waals surface area contributed by atoms with Gasteiger partial charge in [0.1, 0.15) is 5.71 Å². The van der Waals surface area contributed by atoms with E-state index in [0.29, 0.717) is 16.4 Å². The Balaban J connectivity index is 1.80. The molecule has 5 nitrogen and oxygen atoms in total. The second-order valence-electron chi connectivity index (χ2n) is 5.06. The molecule has 0 unspecified atom stereocenters. The number of halogens is 1. The number of hydrogen-bond acceptors (Lipinski definition) is 4. The topological polar surface area (TPSA) is 63.6 Å². The molecular weight excluding hydrogens is 338 g/mol. The van der Waals surface area contributed by atoms with Gasteiger partial charge in [-0.3, -0.25) is 15.1 Å². The van der Waals surface area contributed by atoms with Crippen LogP contribution in [-0.4, -0.2) is 16.8 Å². The molecule has 1 heterocycles. The number of benzene rings is 2. The van der Waals surface area contributed by atoms with Crippen LogP contribution in [0.4, 0.5) is 10.5 Å². The summed E-state index contributed by atoms with van der Waals surface area (Å²) >= 11 is 5.89. The summed E-state index contributed by atoms with van der Waals surface area (Å²) in [5, 5.41) is 7.12. The molecule has 0 aliphatic rings. The molecule has 0 atom stereocenters. The van der Waals surface area contributed by atoms with Crippen molar-refractivity contribution >= 4 is 29.1 Å². The Morgan fingerprint density at radius 1 is 0.960 bits per heavy atom. The lowest BCUT2D eigenvalue weighted by Crippen LogP contribution is -2.13. The van der Waals surface area contributed by atoms with Gasteiger partial charge in [0.25, 0.3) is 0 Å². The molecule has 0 radical (unpaired) electrons. The molecule has 2 aromatic carbocycles. The van der Waals surface area contributed by atoms with E-state index < -0.39 is 6.09 Å². The van der Waals surface area contributed by atoms with Gasteiger partial charge in [-0.15, -0.1) is 0 Å². The average molecular weight is 352 g/mol. The monoisotopic (exact) mass is 351 g/mol. The number of pyridine rings is 1. The van der Waals surface area contributed by atoms with E-state index in [4.69, 9.17) is 16.4 Å². The van der Waals surface area contributed by atoms with Crippen LogP contribution in [0, 0.1) is 0 Å². The van der Waals surface area contributed by atoms with Crippen molar-refractivity contribution in [3.8, 4) is 0 Å². The van der Waals surface area contributed by atoms with E-state index in [-0.39, 0.29) is 0 Å². The van der Waals surface area contributed by atoms with Crippen LogP contribution >= 0.6 is 11.6 Å². The van der Waals surface area contributed by atoms with E-state index in [1.54, 1.807) is 48.8 Å². The standard InChI is InChI=1S/C19H14ClN3O2/c20-16-7-4-8-17(13-16)22-19(24)25-23-18(14-5-2-1-3-6-14)15-9-11-21-12-10-15/h1-13H,(H,22,24). The lowest BCUT2D eigenvalue weighted by Gasteiger charge is -2.07. The molecule has 0 aliphatic heterocycles. The number of oxime groups is 1. The summed E-state index contributed by atoms with van der Waals surface area (Å²) in [7, 11) is 0. The van der Waals surface area contributed by atoms with Gasteiger partial charge >= 0.3 is 6.09 Å². The minimum Gasteiger partial charge on any atom is -0.297 e. The Morgan fingerprint density at radius 3 is 2.40 bits per heavy atom. The summed E-state index contributed by atoms with van der Waals surface area (Å²) in [6, 6.07) is 19.8. The van der Waals surface area contributed by atoms with Crippen molar-refractivity contribution in [1.82, 2.24) is 4.98 Å². The molecule has 0 bridgehead atoms. The van der Waals surface area contributed by atoms with E-state index in [2.05, 4.69) is 15.5 Å². The first-order chi connectivity index (χ1) is 12.2. The quantitative estimate of drug-likeness (QED) is 0.419. The predicted molar refractivity (Wildman–Crippen MR) is 97.9 cm³/mol. The Hall–Kier alpha value is -3.18. The molecule has 124 valence electrons. The van der Waals surface area contributed by atoms with Crippen LogP contribution in [0.5, 0.6) is 0 Å². The molecule has 6 heteroatoms. The fraction of sp³-hybridized carbons (Fsp3) is 0. The smallest absolute Gasteiger partial charge is 0.297 e. The normalized spacial score (nSPS) is 11.0. The van der Waals surface area contributed by atoms with Crippen LogP contribution in [0.3, 0.4) is 0 Å². The molecular formula is C19H14ClN3O2. The van der Waals surface area contributed by atoms with Crippen LogP contribution in [-0.2, 0) is 4.84 Å². The molecule has 3 rings (SSSR count). The largest absolute Gasteiger partial charge is 0.437 e. The highest BCUT2D eigenvalue weighted by Gasteiger charge is 2.10. The highest BCUT2D eigenvalue weighted by molar-refractivity contribution is 6.30. The summed E-state index contributed by atoms with van der Waals surface area (Å²) in [6.45, 7) is 0. The van der Waals surface area contributed by atoms with Crippen LogP contribution < -0.4 is 5.32 Å². The summed E-state index contributed by atoms with van der Waals surface area (Å²) in [5.41, 5.74) is 2.67. The molecule has 1 amide bonds. The van der Waals surface area contributed by atoms with E-state index in [1.807, 2.05) is 30.3 Å². The molecule has 0 fully saturated rings. The fourth-order valence-corrected chi connectivity index (χ4v) is 2.36. The zero-order chi connectivity index (χ0) is 17.5. The molecule has 25 heavy (non-hydrogen) atoms. The van der Waals surface area contributed by atoms with Crippen molar-refractivity contribution in [2.24, 2.45) is 5.16 Å². The predicted octanol–water partition coefficient (Wildman–Crippen LogP) is 4.74. The highest BCUT2D eigenvalue weighted by atomic mass is 35.5. The Morgan fingerprint density at radius 2 is 1.68 bits per heavy atom. The minimum atomic E-state index is -0.704. The minimum absolute atomic E-state index is 0.517. The molecule has 0 saturated carbocycles. The number of aromatic nitrogens is 1. The van der Waals surface area contributed by atoms with Crippen molar-refractivity contribution in [1.29, 1.82) is 0 Å². The van der Waals surface area contributed by atoms with Crippen LogP contribution in [0.15, 0.2) is 84.3 Å². The molecule has 3 aromatic rings. The third-order valence-electron chi connectivity index (χ3n) is 3.29. The van der Waals surface area contributed by atoms with Gasteiger partial charge < -0.3 is 0 Å². The maximum absolute atomic E-state index is 12.0. The number of anilines is 1. The number of hydrogen-bond donors (Lipinski definition) is 1. The van der Waals surface area contributed by atoms with E-state index in [1.165, 1.54) is 0 Å². The fourth-order valence-electron chi connectivity index (χ4n) is 2.17. The lowest BCUT2D eigenvalue weighted by atomic mass is 10.0. The zero-order valence-electron chi connectivity index (χ0n) is 13.1. The van der Waals surface area contributed by atoms with Gasteiger partial charge in [0.2, 0.25) is 0 Å². The van der Waals surface area contributed by atoms with Crippen molar-refractivity contribution in [3.05, 3.63) is 95.3 Å². The SMILES string of the molecule is O=C(Nc1cccc(Cl)c1)ON=C(c1ccccc1)c1ccncc1. The summed E-state index contributed by atoms with van der Waals surface area (Å²) < 4.78 is 0. The number of nitrogens with zero attached hydrogens (tertiary/aromatic N) is 2. The number of carbonyl (C=O) groups is 1. The molecule has 1 N–H and O–H groups in total. The first-order valence-corrected chi connectivity index (χ1v) is 7.87. The van der Waals surface area contributed by atoms with Gasteiger partial charge in [0.05, 0.1) is 0 Å². The molecule has 0 aliphatic carbocycles. The second-order valence-corrected chi connectivity index (χ2v) is 5.49. The number of amides is 1. The third kappa shape index (κ3) is 4.65. The first-order valence-electron chi connectivity index (χ1n) is 7.50. The van der Waals surface area contributed by atoms with E-state index >= 15 is 0 Å². The Labute approximate surface area is 149 Å². The maximum Gasteiger partial charge on any atom is 0.437 e. The van der Waals surface area contributed by atoms with E-state index in [0.717, 1.165) is 11.1 Å². The number of carbonyl (C=O) groups excluding carboxylic acids is 1. The summed E-state index contributed by atoms with van der Waals surface area (Å²) in [6.07, 6.45) is 2.60. The van der Waals surface area contributed by atoms with E-state index in [9.17, 15) is 4.79 Å². The number of rotatable bonds is 4. The first kappa shape index (κ1) is 16.7. The Kier molecular flexibility index (Phi) is 5.39. The summed E-state index contributed by atoms with van der Waals surface area (Å²) in [5.74, 6) is 0. The zero-order valence-corrected chi connectivity index (χ0v) is 13.9. The van der Waals surface area contributed by atoms with Crippen molar-refractivity contribution in [2.45, 2.75) is 0 Å². The van der Waals surface area contributed by atoms with Crippen molar-refractivity contribution in [3.63, 3.8) is 0 Å². The van der Waals surface area contributed by atoms with Gasteiger partial charge in [-0.05, 0) is 30.3 Å². The molecule has 0 spiro atoms. The molecule has 1 aromatic heterocycles. The van der Waals surface area contributed by atoms with Gasteiger partial charge in [-0.2, -0.15) is 0 Å². The van der Waals surface area contributed by atoms with Crippen LogP contribution in [0.1, 0.15) is 11.1 Å². The lowest BCUT2D eigenvalue weighted by molar-refractivity contribution is 0.166. The van der Waals surface area contributed by atoms with Gasteiger partial charge in [-0.25, -0.2) is 4.79 Å². The van der Waals surface area contributed by atoms with Crippen molar-refractivity contribution < 1.29 is 9.63 Å². The summed E-state index contributed by atoms with van der Waals surface area (Å²) in [4.78, 5) is 21.0. The average Bonchev–Trinajstić information content (AvgIpc) is 2.64. The maximum atomic E-state index is 12.0. The Bertz CT molecular complexity index is 842. The van der Waals surface area contributed by atoms with Crippen LogP contribution in [0.25, 0.3) is 0 Å². The third-order valence-corrected chi connectivity index (χ3v) is 3.53. The van der Waals surface area contributed by atoms with Gasteiger partial charge in [0.15, 0.2) is 0 Å². The van der Waals surface area contributed by atoms with Gasteiger partial charge in [0, 0.05) is 34.2 Å². The number of nitrogens with one attached hydrogen (secondary N) is 1.